The molecule has 0 N–H and O–H groups in total. The summed E-state index contributed by atoms with van der Waals surface area (Å²) in [7, 11) is -0.654. The first-order chi connectivity index (χ1) is 11.0. The van der Waals surface area contributed by atoms with Crippen molar-refractivity contribution in [3.8, 4) is 5.75 Å². The zero-order valence-electron chi connectivity index (χ0n) is 12.8. The topological polar surface area (TPSA) is 72.6 Å². The molecule has 0 unspecified atom stereocenters. The Bertz CT molecular complexity index is 932. The fraction of sp³-hybridized carbons (Fsp3) is 0.188. The number of nitrogens with zero attached hydrogens (tertiary/aromatic N) is 2. The monoisotopic (exact) mass is 332 g/mol. The van der Waals surface area contributed by atoms with E-state index in [1.165, 1.54) is 20.2 Å². The Labute approximate surface area is 134 Å². The third-order valence-corrected chi connectivity index (χ3v) is 5.02. The molecule has 0 saturated carbocycles. The van der Waals surface area contributed by atoms with Crippen LogP contribution in [0.4, 0.5) is 0 Å². The summed E-state index contributed by atoms with van der Waals surface area (Å²) in [6, 6.07) is 12.4. The Hall–Kier alpha value is -2.38. The smallest absolute Gasteiger partial charge is 0.275 e. The number of sulfonamides is 1. The molecule has 0 bridgehead atoms. The second-order valence-electron chi connectivity index (χ2n) is 5.15. The zero-order chi connectivity index (χ0) is 16.4. The highest BCUT2D eigenvalue weighted by atomic mass is 32.2. The quantitative estimate of drug-likeness (QED) is 0.718. The third kappa shape index (κ3) is 3.20. The molecule has 0 aliphatic rings. The van der Waals surface area contributed by atoms with Gasteiger partial charge in [0.1, 0.15) is 18.1 Å². The second kappa shape index (κ2) is 6.02. The molecule has 2 heterocycles. The summed E-state index contributed by atoms with van der Waals surface area (Å²) in [4.78, 5) is 4.24. The Morgan fingerprint density at radius 1 is 1.17 bits per heavy atom. The van der Waals surface area contributed by atoms with Gasteiger partial charge in [-0.25, -0.2) is 12.7 Å². The highest BCUT2D eigenvalue weighted by molar-refractivity contribution is 7.88. The molecule has 0 aliphatic heterocycles. The Balaban J connectivity index is 1.74. The molecule has 120 valence electrons. The molecule has 3 aromatic rings. The van der Waals surface area contributed by atoms with Crippen molar-refractivity contribution in [2.24, 2.45) is 0 Å². The number of fused-ring (bicyclic) bond motifs is 1. The normalized spacial score (nSPS) is 12.0. The Kier molecular flexibility index (Phi) is 4.06. The lowest BCUT2D eigenvalue weighted by Gasteiger charge is -2.08. The SMILES string of the molecule is CN(C)S(=O)(=O)c1ccc(COc2ccc3ncccc3c2)o1. The third-order valence-electron chi connectivity index (χ3n) is 3.33. The van der Waals surface area contributed by atoms with E-state index in [0.29, 0.717) is 11.5 Å². The zero-order valence-corrected chi connectivity index (χ0v) is 13.6. The van der Waals surface area contributed by atoms with Crippen molar-refractivity contribution in [2.45, 2.75) is 11.7 Å². The van der Waals surface area contributed by atoms with Gasteiger partial charge in [-0.05, 0) is 36.4 Å². The average molecular weight is 332 g/mol. The number of pyridine rings is 1. The lowest BCUT2D eigenvalue weighted by molar-refractivity contribution is 0.257. The molecule has 0 spiro atoms. The first-order valence-corrected chi connectivity index (χ1v) is 8.39. The molecule has 0 atom stereocenters. The first-order valence-electron chi connectivity index (χ1n) is 6.95. The Morgan fingerprint density at radius 3 is 2.78 bits per heavy atom. The number of hydrogen-bond acceptors (Lipinski definition) is 5. The summed E-state index contributed by atoms with van der Waals surface area (Å²) >= 11 is 0. The molecule has 0 amide bonds. The molecular formula is C16H16N2O4S. The minimum absolute atomic E-state index is 0.0937. The van der Waals surface area contributed by atoms with Gasteiger partial charge in [-0.3, -0.25) is 4.98 Å². The standard InChI is InChI=1S/C16H16N2O4S/c1-18(2)23(19,20)16-8-6-14(22-16)11-21-13-5-7-15-12(10-13)4-3-9-17-15/h3-10H,11H2,1-2H3. The summed E-state index contributed by atoms with van der Waals surface area (Å²) in [6.07, 6.45) is 1.73. The van der Waals surface area contributed by atoms with Gasteiger partial charge >= 0.3 is 0 Å². The maximum Gasteiger partial charge on any atom is 0.275 e. The van der Waals surface area contributed by atoms with E-state index in [-0.39, 0.29) is 11.7 Å². The summed E-state index contributed by atoms with van der Waals surface area (Å²) in [5.74, 6) is 1.11. The van der Waals surface area contributed by atoms with E-state index in [2.05, 4.69) is 4.98 Å². The van der Waals surface area contributed by atoms with Gasteiger partial charge in [-0.2, -0.15) is 0 Å². The van der Waals surface area contributed by atoms with E-state index in [9.17, 15) is 8.42 Å². The molecule has 7 heteroatoms. The fourth-order valence-corrected chi connectivity index (χ4v) is 2.86. The number of hydrogen-bond donors (Lipinski definition) is 0. The van der Waals surface area contributed by atoms with E-state index in [4.69, 9.17) is 9.15 Å². The molecule has 23 heavy (non-hydrogen) atoms. The number of benzene rings is 1. The van der Waals surface area contributed by atoms with Crippen LogP contribution in [-0.4, -0.2) is 31.8 Å². The molecular weight excluding hydrogens is 316 g/mol. The highest BCUT2D eigenvalue weighted by Crippen LogP contribution is 2.21. The van der Waals surface area contributed by atoms with Crippen LogP contribution in [0, 0.1) is 0 Å². The van der Waals surface area contributed by atoms with Gasteiger partial charge in [-0.1, -0.05) is 6.07 Å². The van der Waals surface area contributed by atoms with E-state index >= 15 is 0 Å². The number of rotatable bonds is 5. The molecule has 0 aliphatic carbocycles. The van der Waals surface area contributed by atoms with Gasteiger partial charge in [0, 0.05) is 25.7 Å². The summed E-state index contributed by atoms with van der Waals surface area (Å²) in [5, 5.41) is 0.879. The van der Waals surface area contributed by atoms with Crippen molar-refractivity contribution in [1.82, 2.24) is 9.29 Å². The van der Waals surface area contributed by atoms with Crippen LogP contribution in [0.1, 0.15) is 5.76 Å². The van der Waals surface area contributed by atoms with Gasteiger partial charge in [-0.15, -0.1) is 0 Å². The fourth-order valence-electron chi connectivity index (χ4n) is 2.05. The summed E-state index contributed by atoms with van der Waals surface area (Å²) in [6.45, 7) is 0.148. The molecule has 0 saturated heterocycles. The predicted molar refractivity (Wildman–Crippen MR) is 85.7 cm³/mol. The van der Waals surface area contributed by atoms with Gasteiger partial charge in [0.15, 0.2) is 0 Å². The number of ether oxygens (including phenoxy) is 1. The molecule has 3 rings (SSSR count). The Morgan fingerprint density at radius 2 is 2.00 bits per heavy atom. The van der Waals surface area contributed by atoms with Crippen LogP contribution in [0.25, 0.3) is 10.9 Å². The number of aromatic nitrogens is 1. The summed E-state index contributed by atoms with van der Waals surface area (Å²) in [5.41, 5.74) is 0.886. The average Bonchev–Trinajstić information content (AvgIpc) is 3.02. The van der Waals surface area contributed by atoms with Gasteiger partial charge in [0.2, 0.25) is 5.09 Å². The van der Waals surface area contributed by atoms with Crippen LogP contribution >= 0.6 is 0 Å². The van der Waals surface area contributed by atoms with Crippen LogP contribution < -0.4 is 4.74 Å². The second-order valence-corrected chi connectivity index (χ2v) is 7.24. The van der Waals surface area contributed by atoms with Crippen molar-refractivity contribution >= 4 is 20.9 Å². The van der Waals surface area contributed by atoms with Gasteiger partial charge < -0.3 is 9.15 Å². The van der Waals surface area contributed by atoms with Gasteiger partial charge in [0.05, 0.1) is 5.52 Å². The van der Waals surface area contributed by atoms with Crippen molar-refractivity contribution < 1.29 is 17.6 Å². The molecule has 0 radical (unpaired) electrons. The largest absolute Gasteiger partial charge is 0.486 e. The number of furan rings is 1. The van der Waals surface area contributed by atoms with Crippen LogP contribution in [0.2, 0.25) is 0 Å². The van der Waals surface area contributed by atoms with E-state index in [1.807, 2.05) is 30.3 Å². The minimum Gasteiger partial charge on any atom is -0.486 e. The van der Waals surface area contributed by atoms with E-state index in [0.717, 1.165) is 15.2 Å². The maximum atomic E-state index is 12.0. The van der Waals surface area contributed by atoms with E-state index in [1.54, 1.807) is 12.3 Å². The van der Waals surface area contributed by atoms with Crippen LogP contribution in [0.5, 0.6) is 5.75 Å². The predicted octanol–water partition coefficient (Wildman–Crippen LogP) is 2.66. The lowest BCUT2D eigenvalue weighted by atomic mass is 10.2. The maximum absolute atomic E-state index is 12.0. The highest BCUT2D eigenvalue weighted by Gasteiger charge is 2.21. The molecule has 1 aromatic carbocycles. The van der Waals surface area contributed by atoms with E-state index < -0.39 is 10.0 Å². The van der Waals surface area contributed by atoms with Crippen molar-refractivity contribution in [2.75, 3.05) is 14.1 Å². The molecule has 6 nitrogen and oxygen atoms in total. The van der Waals surface area contributed by atoms with Crippen LogP contribution in [0.15, 0.2) is 58.2 Å². The molecule has 0 fully saturated rings. The van der Waals surface area contributed by atoms with Gasteiger partial charge in [0.25, 0.3) is 10.0 Å². The lowest BCUT2D eigenvalue weighted by Crippen LogP contribution is -2.21. The van der Waals surface area contributed by atoms with Crippen LogP contribution in [-0.2, 0) is 16.6 Å². The van der Waals surface area contributed by atoms with Crippen molar-refractivity contribution in [3.05, 3.63) is 54.4 Å². The minimum atomic E-state index is -3.56. The summed E-state index contributed by atoms with van der Waals surface area (Å²) < 4.78 is 36.0. The van der Waals surface area contributed by atoms with Crippen molar-refractivity contribution in [1.29, 1.82) is 0 Å². The first kappa shape index (κ1) is 15.5. The van der Waals surface area contributed by atoms with Crippen LogP contribution in [0.3, 0.4) is 0 Å². The van der Waals surface area contributed by atoms with Crippen molar-refractivity contribution in [3.63, 3.8) is 0 Å². The molecule has 2 aromatic heterocycles.